The molecule has 0 saturated heterocycles. The van der Waals surface area contributed by atoms with Crippen molar-refractivity contribution >= 4 is 42.7 Å². The van der Waals surface area contributed by atoms with Crippen LogP contribution in [0.4, 0.5) is 5.69 Å². The zero-order chi connectivity index (χ0) is 23.4. The average Bonchev–Trinajstić information content (AvgIpc) is 2.81. The van der Waals surface area contributed by atoms with Gasteiger partial charge in [0.25, 0.3) is 5.91 Å². The minimum absolute atomic E-state index is 0.0522. The minimum Gasteiger partial charge on any atom is -0.455 e. The Morgan fingerprint density at radius 2 is 1.61 bits per heavy atom. The first-order valence-electron chi connectivity index (χ1n) is 10.1. The van der Waals surface area contributed by atoms with Crippen molar-refractivity contribution in [1.29, 1.82) is 5.41 Å². The lowest BCUT2D eigenvalue weighted by molar-refractivity contribution is 0.102. The van der Waals surface area contributed by atoms with Gasteiger partial charge in [-0.15, -0.1) is 25.3 Å². The van der Waals surface area contributed by atoms with E-state index >= 15 is 0 Å². The summed E-state index contributed by atoms with van der Waals surface area (Å²) >= 11 is 8.89. The summed E-state index contributed by atoms with van der Waals surface area (Å²) in [7, 11) is 0. The molecule has 0 bridgehead atoms. The molecule has 0 aliphatic carbocycles. The van der Waals surface area contributed by atoms with Crippen LogP contribution in [0.5, 0.6) is 11.5 Å². The van der Waals surface area contributed by atoms with E-state index in [-0.39, 0.29) is 11.7 Å². The molecule has 0 spiro atoms. The summed E-state index contributed by atoms with van der Waals surface area (Å²) in [5.74, 6) is 0.619. The van der Waals surface area contributed by atoms with Crippen molar-refractivity contribution in [2.45, 2.75) is 9.79 Å². The molecule has 0 heterocycles. The Kier molecular flexibility index (Phi) is 6.72. The topological polar surface area (TPSA) is 88.2 Å². The Labute approximate surface area is 202 Å². The normalized spacial score (nSPS) is 10.5. The van der Waals surface area contributed by atoms with Crippen molar-refractivity contribution in [3.8, 4) is 22.6 Å². The van der Waals surface area contributed by atoms with Crippen LogP contribution in [0, 0.1) is 5.41 Å². The monoisotopic (exact) mass is 471 g/mol. The summed E-state index contributed by atoms with van der Waals surface area (Å²) in [5.41, 5.74) is 9.07. The number of amides is 1. The molecule has 4 aromatic carbocycles. The Hall–Kier alpha value is -3.68. The molecular weight excluding hydrogens is 450 g/mol. The number of amidine groups is 1. The maximum atomic E-state index is 12.9. The van der Waals surface area contributed by atoms with Gasteiger partial charge >= 0.3 is 0 Å². The van der Waals surface area contributed by atoms with Crippen molar-refractivity contribution in [3.05, 3.63) is 102 Å². The van der Waals surface area contributed by atoms with Gasteiger partial charge in [-0.2, -0.15) is 0 Å². The largest absolute Gasteiger partial charge is 0.455 e. The summed E-state index contributed by atoms with van der Waals surface area (Å²) in [4.78, 5) is 14.5. The smallest absolute Gasteiger partial charge is 0.255 e. The second kappa shape index (κ2) is 9.85. The lowest BCUT2D eigenvalue weighted by atomic mass is 10.0. The molecule has 0 aromatic heterocycles. The number of ether oxygens (including phenoxy) is 1. The first-order valence-corrected chi connectivity index (χ1v) is 11.0. The van der Waals surface area contributed by atoms with Gasteiger partial charge < -0.3 is 15.8 Å². The lowest BCUT2D eigenvalue weighted by Gasteiger charge is -2.14. The summed E-state index contributed by atoms with van der Waals surface area (Å²) < 4.78 is 5.97. The van der Waals surface area contributed by atoms with E-state index in [1.807, 2.05) is 36.4 Å². The van der Waals surface area contributed by atoms with E-state index in [0.29, 0.717) is 33.2 Å². The van der Waals surface area contributed by atoms with Gasteiger partial charge in [-0.3, -0.25) is 10.2 Å². The molecule has 164 valence electrons. The van der Waals surface area contributed by atoms with Crippen LogP contribution in [-0.2, 0) is 0 Å². The van der Waals surface area contributed by atoms with Gasteiger partial charge in [0.05, 0.1) is 5.69 Å². The molecule has 4 rings (SSSR count). The number of nitrogen functional groups attached to an aromatic ring is 1. The number of nitrogens with two attached hydrogens (primary N) is 1. The number of benzene rings is 4. The maximum absolute atomic E-state index is 12.9. The molecule has 5 nitrogen and oxygen atoms in total. The van der Waals surface area contributed by atoms with Crippen LogP contribution < -0.4 is 15.8 Å². The van der Waals surface area contributed by atoms with Crippen molar-refractivity contribution in [3.63, 3.8) is 0 Å². The predicted molar refractivity (Wildman–Crippen MR) is 138 cm³/mol. The molecule has 0 fully saturated rings. The van der Waals surface area contributed by atoms with Gasteiger partial charge in [0, 0.05) is 20.9 Å². The lowest BCUT2D eigenvalue weighted by Crippen LogP contribution is -2.12. The van der Waals surface area contributed by atoms with Crippen LogP contribution in [-0.4, -0.2) is 11.7 Å². The van der Waals surface area contributed by atoms with Crippen molar-refractivity contribution in [2.24, 2.45) is 5.73 Å². The molecule has 0 aliphatic heterocycles. The summed E-state index contributed by atoms with van der Waals surface area (Å²) in [6.45, 7) is 0. The number of carbonyl (C=O) groups is 1. The Morgan fingerprint density at radius 1 is 0.848 bits per heavy atom. The molecule has 0 unspecified atom stereocenters. The maximum Gasteiger partial charge on any atom is 0.255 e. The molecule has 0 saturated carbocycles. The Morgan fingerprint density at radius 3 is 2.33 bits per heavy atom. The van der Waals surface area contributed by atoms with E-state index in [1.54, 1.807) is 54.6 Å². The van der Waals surface area contributed by atoms with Gasteiger partial charge in [0.1, 0.15) is 11.6 Å². The number of anilines is 1. The molecule has 0 atom stereocenters. The number of hydrogen-bond acceptors (Lipinski definition) is 5. The number of carbonyl (C=O) groups excluding carboxylic acids is 1. The third-order valence-electron chi connectivity index (χ3n) is 4.95. The predicted octanol–water partition coefficient (Wildman–Crippen LogP) is 6.26. The van der Waals surface area contributed by atoms with Crippen LogP contribution in [0.1, 0.15) is 15.9 Å². The molecular formula is C26H21N3O2S2. The summed E-state index contributed by atoms with van der Waals surface area (Å²) in [5, 5.41) is 10.5. The highest BCUT2D eigenvalue weighted by atomic mass is 32.1. The zero-order valence-electron chi connectivity index (χ0n) is 17.4. The molecule has 7 heteroatoms. The fourth-order valence-corrected chi connectivity index (χ4v) is 3.77. The van der Waals surface area contributed by atoms with E-state index in [0.717, 1.165) is 16.0 Å². The fourth-order valence-electron chi connectivity index (χ4n) is 3.27. The first-order chi connectivity index (χ1) is 15.9. The Bertz CT molecular complexity index is 1340. The molecule has 33 heavy (non-hydrogen) atoms. The summed E-state index contributed by atoms with van der Waals surface area (Å²) in [6.07, 6.45) is 0. The average molecular weight is 472 g/mol. The summed E-state index contributed by atoms with van der Waals surface area (Å²) in [6, 6.07) is 27.2. The standard InChI is InChI=1S/C26H21N3O2S2/c27-25(28)18-4-3-5-19(14-18)31-23-13-12-20(32)15-22(23)29-26(30)17-10-8-16(9-11-17)21-6-1-2-7-24(21)33/h1-15,32-33H,(H3,27,28)(H,29,30). The minimum atomic E-state index is -0.276. The number of rotatable bonds is 6. The van der Waals surface area contributed by atoms with Gasteiger partial charge in [-0.1, -0.05) is 42.5 Å². The van der Waals surface area contributed by atoms with E-state index in [1.165, 1.54) is 0 Å². The number of hydrogen-bond donors (Lipinski definition) is 5. The van der Waals surface area contributed by atoms with Crippen LogP contribution in [0.15, 0.2) is 101 Å². The van der Waals surface area contributed by atoms with Gasteiger partial charge in [-0.25, -0.2) is 0 Å². The van der Waals surface area contributed by atoms with Gasteiger partial charge in [0.2, 0.25) is 0 Å². The van der Waals surface area contributed by atoms with Crippen LogP contribution >= 0.6 is 25.3 Å². The van der Waals surface area contributed by atoms with Crippen LogP contribution in [0.2, 0.25) is 0 Å². The second-order valence-electron chi connectivity index (χ2n) is 7.27. The van der Waals surface area contributed by atoms with Crippen molar-refractivity contribution in [2.75, 3.05) is 5.32 Å². The molecule has 0 radical (unpaired) electrons. The molecule has 4 aromatic rings. The second-order valence-corrected chi connectivity index (χ2v) is 8.27. The van der Waals surface area contributed by atoms with Gasteiger partial charge in [-0.05, 0) is 59.7 Å². The highest BCUT2D eigenvalue weighted by molar-refractivity contribution is 7.80. The number of nitrogens with one attached hydrogen (secondary N) is 2. The highest BCUT2D eigenvalue weighted by Crippen LogP contribution is 2.33. The number of thiol groups is 2. The van der Waals surface area contributed by atoms with Gasteiger partial charge in [0.15, 0.2) is 5.75 Å². The van der Waals surface area contributed by atoms with Crippen LogP contribution in [0.25, 0.3) is 11.1 Å². The fraction of sp³-hybridized carbons (Fsp3) is 0. The van der Waals surface area contributed by atoms with E-state index in [4.69, 9.17) is 15.9 Å². The first kappa shape index (κ1) is 22.5. The quantitative estimate of drug-likeness (QED) is 0.131. The zero-order valence-corrected chi connectivity index (χ0v) is 19.2. The van der Waals surface area contributed by atoms with E-state index < -0.39 is 0 Å². The Balaban J connectivity index is 1.56. The molecule has 0 aliphatic rings. The third-order valence-corrected chi connectivity index (χ3v) is 5.61. The highest BCUT2D eigenvalue weighted by Gasteiger charge is 2.13. The third kappa shape index (κ3) is 5.39. The SMILES string of the molecule is N=C(N)c1cccc(Oc2ccc(S)cc2NC(=O)c2ccc(-c3ccccc3S)cc2)c1. The van der Waals surface area contributed by atoms with Crippen LogP contribution in [0.3, 0.4) is 0 Å². The van der Waals surface area contributed by atoms with Crippen molar-refractivity contribution < 1.29 is 9.53 Å². The van der Waals surface area contributed by atoms with Crippen molar-refractivity contribution in [1.82, 2.24) is 0 Å². The molecule has 1 amide bonds. The van der Waals surface area contributed by atoms with E-state index in [2.05, 4.69) is 30.6 Å². The molecule has 4 N–H and O–H groups in total. The van der Waals surface area contributed by atoms with E-state index in [9.17, 15) is 4.79 Å².